The van der Waals surface area contributed by atoms with Crippen molar-refractivity contribution in [2.75, 3.05) is 13.2 Å². The van der Waals surface area contributed by atoms with Crippen molar-refractivity contribution >= 4 is 5.91 Å². The Morgan fingerprint density at radius 3 is 3.00 bits per heavy atom. The van der Waals surface area contributed by atoms with Crippen molar-refractivity contribution in [3.63, 3.8) is 0 Å². The van der Waals surface area contributed by atoms with Crippen LogP contribution < -0.4 is 10.1 Å². The molecular formula is C16H18N2O5. The number of ether oxygens (including phenoxy) is 2. The monoisotopic (exact) mass is 318 g/mol. The number of nitrogens with one attached hydrogen (secondary N) is 1. The molecule has 0 spiro atoms. The molecule has 2 aromatic rings. The highest BCUT2D eigenvalue weighted by Gasteiger charge is 2.18. The second-order valence-corrected chi connectivity index (χ2v) is 5.20. The highest BCUT2D eigenvalue weighted by atomic mass is 16.5. The highest BCUT2D eigenvalue weighted by Crippen LogP contribution is 2.16. The van der Waals surface area contributed by atoms with Crippen LogP contribution in [-0.2, 0) is 17.9 Å². The molecular weight excluding hydrogens is 300 g/mol. The predicted molar refractivity (Wildman–Crippen MR) is 79.9 cm³/mol. The normalized spacial score (nSPS) is 17.2. The summed E-state index contributed by atoms with van der Waals surface area (Å²) in [5.74, 6) is 1.21. The molecule has 1 atom stereocenters. The summed E-state index contributed by atoms with van der Waals surface area (Å²) in [7, 11) is 0. The molecule has 1 saturated heterocycles. The van der Waals surface area contributed by atoms with Crippen molar-refractivity contribution in [2.24, 2.45) is 0 Å². The van der Waals surface area contributed by atoms with E-state index in [4.69, 9.17) is 19.0 Å². The van der Waals surface area contributed by atoms with Gasteiger partial charge in [-0.1, -0.05) is 0 Å². The standard InChI is InChI=1S/C16H18N2O5/c19-9-13-2-1-12(22-13)8-18-16(20)11-3-5-17-15(7-11)23-14-4-6-21-10-14/h1-3,5,7,14,19H,4,6,8-10H2,(H,18,20). The fourth-order valence-electron chi connectivity index (χ4n) is 2.26. The summed E-state index contributed by atoms with van der Waals surface area (Å²) in [5.41, 5.74) is 0.461. The van der Waals surface area contributed by atoms with Gasteiger partial charge in [0.2, 0.25) is 5.88 Å². The lowest BCUT2D eigenvalue weighted by Gasteiger charge is -2.11. The number of carbonyl (C=O) groups is 1. The second kappa shape index (κ2) is 7.26. The lowest BCUT2D eigenvalue weighted by Crippen LogP contribution is -2.23. The third-order valence-corrected chi connectivity index (χ3v) is 3.47. The number of aliphatic hydroxyl groups is 1. The van der Waals surface area contributed by atoms with Crippen LogP contribution in [0.25, 0.3) is 0 Å². The lowest BCUT2D eigenvalue weighted by molar-refractivity contribution is 0.0946. The van der Waals surface area contributed by atoms with E-state index < -0.39 is 0 Å². The van der Waals surface area contributed by atoms with Crippen molar-refractivity contribution in [1.29, 1.82) is 0 Å². The zero-order valence-corrected chi connectivity index (χ0v) is 12.5. The number of hydrogen-bond donors (Lipinski definition) is 2. The van der Waals surface area contributed by atoms with Gasteiger partial charge in [-0.2, -0.15) is 0 Å². The van der Waals surface area contributed by atoms with Crippen molar-refractivity contribution in [2.45, 2.75) is 25.7 Å². The maximum absolute atomic E-state index is 12.2. The Labute approximate surface area is 133 Å². The SMILES string of the molecule is O=C(NCc1ccc(CO)o1)c1ccnc(OC2CCOC2)c1. The van der Waals surface area contributed by atoms with Gasteiger partial charge in [-0.15, -0.1) is 0 Å². The fourth-order valence-corrected chi connectivity index (χ4v) is 2.26. The van der Waals surface area contributed by atoms with Gasteiger partial charge in [-0.25, -0.2) is 4.98 Å². The summed E-state index contributed by atoms with van der Waals surface area (Å²) >= 11 is 0. The molecule has 2 N–H and O–H groups in total. The third kappa shape index (κ3) is 4.08. The molecule has 7 heteroatoms. The lowest BCUT2D eigenvalue weighted by atomic mass is 10.2. The van der Waals surface area contributed by atoms with Crippen LogP contribution in [0.3, 0.4) is 0 Å². The molecule has 0 radical (unpaired) electrons. The Hall–Kier alpha value is -2.38. The molecule has 7 nitrogen and oxygen atoms in total. The summed E-state index contributed by atoms with van der Waals surface area (Å²) in [6.45, 7) is 1.31. The Morgan fingerprint density at radius 2 is 2.26 bits per heavy atom. The number of furan rings is 1. The van der Waals surface area contributed by atoms with E-state index in [1.165, 1.54) is 6.20 Å². The molecule has 1 fully saturated rings. The Balaban J connectivity index is 1.57. The minimum absolute atomic E-state index is 0.0131. The first-order valence-electron chi connectivity index (χ1n) is 7.41. The molecule has 0 aliphatic carbocycles. The predicted octanol–water partition coefficient (Wildman–Crippen LogP) is 1.26. The zero-order valence-electron chi connectivity index (χ0n) is 12.5. The smallest absolute Gasteiger partial charge is 0.251 e. The third-order valence-electron chi connectivity index (χ3n) is 3.47. The van der Waals surface area contributed by atoms with Crippen LogP contribution in [0.15, 0.2) is 34.9 Å². The summed E-state index contributed by atoms with van der Waals surface area (Å²) < 4.78 is 16.2. The molecule has 3 rings (SSSR count). The topological polar surface area (TPSA) is 93.8 Å². The van der Waals surface area contributed by atoms with E-state index in [2.05, 4.69) is 10.3 Å². The van der Waals surface area contributed by atoms with Gasteiger partial charge in [-0.3, -0.25) is 4.79 Å². The van der Waals surface area contributed by atoms with Gasteiger partial charge in [-0.05, 0) is 18.2 Å². The van der Waals surface area contributed by atoms with Gasteiger partial charge in [0.15, 0.2) is 0 Å². The number of amides is 1. The maximum Gasteiger partial charge on any atom is 0.251 e. The molecule has 1 unspecified atom stereocenters. The quantitative estimate of drug-likeness (QED) is 0.833. The summed E-state index contributed by atoms with van der Waals surface area (Å²) in [6.07, 6.45) is 2.35. The van der Waals surface area contributed by atoms with E-state index in [9.17, 15) is 4.79 Å². The van der Waals surface area contributed by atoms with E-state index in [1.54, 1.807) is 24.3 Å². The number of rotatable bonds is 6. The molecule has 122 valence electrons. The zero-order chi connectivity index (χ0) is 16.1. The average molecular weight is 318 g/mol. The van der Waals surface area contributed by atoms with Crippen molar-refractivity contribution in [3.8, 4) is 5.88 Å². The molecule has 0 saturated carbocycles. The van der Waals surface area contributed by atoms with E-state index >= 15 is 0 Å². The molecule has 1 amide bonds. The largest absolute Gasteiger partial charge is 0.472 e. The Kier molecular flexibility index (Phi) is 4.89. The van der Waals surface area contributed by atoms with E-state index in [1.807, 2.05) is 0 Å². The summed E-state index contributed by atoms with van der Waals surface area (Å²) in [6, 6.07) is 6.61. The molecule has 0 bridgehead atoms. The van der Waals surface area contributed by atoms with Gasteiger partial charge in [0.05, 0.1) is 19.8 Å². The molecule has 0 aromatic carbocycles. The number of aromatic nitrogens is 1. The molecule has 23 heavy (non-hydrogen) atoms. The first-order valence-corrected chi connectivity index (χ1v) is 7.41. The summed E-state index contributed by atoms with van der Waals surface area (Å²) in [5, 5.41) is 11.7. The van der Waals surface area contributed by atoms with E-state index in [-0.39, 0.29) is 25.2 Å². The van der Waals surface area contributed by atoms with Crippen molar-refractivity contribution in [1.82, 2.24) is 10.3 Å². The van der Waals surface area contributed by atoms with Crippen LogP contribution in [0.5, 0.6) is 5.88 Å². The number of aliphatic hydroxyl groups excluding tert-OH is 1. The van der Waals surface area contributed by atoms with Crippen LogP contribution in [-0.4, -0.2) is 35.3 Å². The van der Waals surface area contributed by atoms with Crippen LogP contribution in [0.2, 0.25) is 0 Å². The summed E-state index contributed by atoms with van der Waals surface area (Å²) in [4.78, 5) is 16.3. The Morgan fingerprint density at radius 1 is 1.39 bits per heavy atom. The molecule has 3 heterocycles. The number of carbonyl (C=O) groups excluding carboxylic acids is 1. The van der Waals surface area contributed by atoms with Crippen LogP contribution in [0, 0.1) is 0 Å². The van der Waals surface area contributed by atoms with E-state index in [0.29, 0.717) is 36.2 Å². The van der Waals surface area contributed by atoms with E-state index in [0.717, 1.165) is 6.42 Å². The van der Waals surface area contributed by atoms with Gasteiger partial charge >= 0.3 is 0 Å². The van der Waals surface area contributed by atoms with Gasteiger partial charge in [0, 0.05) is 24.2 Å². The number of hydrogen-bond acceptors (Lipinski definition) is 6. The highest BCUT2D eigenvalue weighted by molar-refractivity contribution is 5.94. The fraction of sp³-hybridized carbons (Fsp3) is 0.375. The molecule has 1 aliphatic heterocycles. The van der Waals surface area contributed by atoms with Gasteiger partial charge in [0.1, 0.15) is 24.2 Å². The van der Waals surface area contributed by atoms with Crippen LogP contribution >= 0.6 is 0 Å². The van der Waals surface area contributed by atoms with Crippen molar-refractivity contribution < 1.29 is 23.8 Å². The Bertz CT molecular complexity index is 664. The minimum Gasteiger partial charge on any atom is -0.472 e. The van der Waals surface area contributed by atoms with Crippen molar-refractivity contribution in [3.05, 3.63) is 47.5 Å². The molecule has 2 aromatic heterocycles. The average Bonchev–Trinajstić information content (AvgIpc) is 3.24. The first-order chi connectivity index (χ1) is 11.2. The number of nitrogens with zero attached hydrogens (tertiary/aromatic N) is 1. The second-order valence-electron chi connectivity index (χ2n) is 5.20. The van der Waals surface area contributed by atoms with Gasteiger partial charge in [0.25, 0.3) is 5.91 Å². The molecule has 1 aliphatic rings. The maximum atomic E-state index is 12.2. The van der Waals surface area contributed by atoms with Crippen LogP contribution in [0.1, 0.15) is 28.3 Å². The minimum atomic E-state index is -0.248. The first kappa shape index (κ1) is 15.5. The van der Waals surface area contributed by atoms with Gasteiger partial charge < -0.3 is 24.3 Å². The van der Waals surface area contributed by atoms with Crippen LogP contribution in [0.4, 0.5) is 0 Å². The number of pyridine rings is 1.